The minimum absolute atomic E-state index is 0.494. The molecule has 114 valence electrons. The van der Waals surface area contributed by atoms with Crippen LogP contribution in [0, 0.1) is 6.92 Å². The van der Waals surface area contributed by atoms with Gasteiger partial charge in [-0.1, -0.05) is 13.0 Å². The summed E-state index contributed by atoms with van der Waals surface area (Å²) in [5, 5.41) is 11.5. The molecule has 0 radical (unpaired) electrons. The Morgan fingerprint density at radius 3 is 2.95 bits per heavy atom. The Morgan fingerprint density at radius 2 is 2.32 bits per heavy atom. The van der Waals surface area contributed by atoms with Crippen molar-refractivity contribution in [1.29, 1.82) is 0 Å². The van der Waals surface area contributed by atoms with Crippen LogP contribution < -0.4 is 0 Å². The van der Waals surface area contributed by atoms with Crippen molar-refractivity contribution in [3.05, 3.63) is 46.0 Å². The molecule has 0 saturated carbocycles. The maximum Gasteiger partial charge on any atom is 0.326 e. The largest absolute Gasteiger partial charge is 0.480 e. The molecular formula is C16H17N3O2S. The summed E-state index contributed by atoms with van der Waals surface area (Å²) in [6.07, 6.45) is 2.87. The number of nitrogens with zero attached hydrogens (tertiary/aromatic N) is 3. The third kappa shape index (κ3) is 2.62. The van der Waals surface area contributed by atoms with Crippen molar-refractivity contribution in [3.8, 4) is 0 Å². The molecule has 0 saturated heterocycles. The Balaban J connectivity index is 2.18. The summed E-state index contributed by atoms with van der Waals surface area (Å²) in [6, 6.07) is 5.33. The van der Waals surface area contributed by atoms with Gasteiger partial charge in [-0.15, -0.1) is 11.3 Å². The Hall–Kier alpha value is -2.21. The van der Waals surface area contributed by atoms with Gasteiger partial charge in [0.1, 0.15) is 17.4 Å². The zero-order chi connectivity index (χ0) is 15.7. The van der Waals surface area contributed by atoms with Crippen LogP contribution in [0.4, 0.5) is 0 Å². The highest BCUT2D eigenvalue weighted by molar-refractivity contribution is 7.09. The van der Waals surface area contributed by atoms with Gasteiger partial charge in [0.15, 0.2) is 5.65 Å². The van der Waals surface area contributed by atoms with E-state index in [2.05, 4.69) is 9.97 Å². The van der Waals surface area contributed by atoms with Crippen LogP contribution in [0.5, 0.6) is 0 Å². The first-order valence-electron chi connectivity index (χ1n) is 7.18. The fraction of sp³-hybridized carbons (Fsp3) is 0.312. The summed E-state index contributed by atoms with van der Waals surface area (Å²) in [7, 11) is 0. The monoisotopic (exact) mass is 315 g/mol. The first-order chi connectivity index (χ1) is 10.6. The van der Waals surface area contributed by atoms with E-state index in [1.165, 1.54) is 0 Å². The van der Waals surface area contributed by atoms with E-state index >= 15 is 0 Å². The number of aryl methyl sites for hydroxylation is 1. The first kappa shape index (κ1) is 14.7. The number of aliphatic carboxylic acids is 1. The SMILES string of the molecule is CCC(C(=O)O)n1c(Cc2cccs2)nc2cc(C)cnc21. The van der Waals surface area contributed by atoms with Crippen molar-refractivity contribution in [2.24, 2.45) is 0 Å². The lowest BCUT2D eigenvalue weighted by molar-refractivity contribution is -0.140. The summed E-state index contributed by atoms with van der Waals surface area (Å²) in [4.78, 5) is 21.8. The number of carboxylic acid groups (broad SMARTS) is 1. The van der Waals surface area contributed by atoms with E-state index in [0.29, 0.717) is 18.5 Å². The summed E-state index contributed by atoms with van der Waals surface area (Å²) in [5.41, 5.74) is 2.42. The van der Waals surface area contributed by atoms with Gasteiger partial charge in [0, 0.05) is 17.5 Å². The van der Waals surface area contributed by atoms with Gasteiger partial charge in [0.05, 0.1) is 0 Å². The molecule has 1 unspecified atom stereocenters. The van der Waals surface area contributed by atoms with E-state index in [1.807, 2.05) is 37.4 Å². The van der Waals surface area contributed by atoms with E-state index in [-0.39, 0.29) is 0 Å². The van der Waals surface area contributed by atoms with Crippen LogP contribution in [0.15, 0.2) is 29.8 Å². The highest BCUT2D eigenvalue weighted by Crippen LogP contribution is 2.25. The van der Waals surface area contributed by atoms with Crippen molar-refractivity contribution in [1.82, 2.24) is 14.5 Å². The van der Waals surface area contributed by atoms with Crippen LogP contribution >= 0.6 is 11.3 Å². The van der Waals surface area contributed by atoms with Gasteiger partial charge in [-0.3, -0.25) is 4.57 Å². The number of aromatic nitrogens is 3. The summed E-state index contributed by atoms with van der Waals surface area (Å²) >= 11 is 1.65. The predicted octanol–water partition coefficient (Wildman–Crippen LogP) is 3.43. The molecule has 3 aromatic heterocycles. The molecule has 1 atom stereocenters. The van der Waals surface area contributed by atoms with E-state index in [9.17, 15) is 9.90 Å². The molecule has 5 nitrogen and oxygen atoms in total. The minimum Gasteiger partial charge on any atom is -0.480 e. The van der Waals surface area contributed by atoms with Crippen LogP contribution in [0.25, 0.3) is 11.2 Å². The molecule has 0 aliphatic carbocycles. The average molecular weight is 315 g/mol. The molecule has 3 rings (SSSR count). The van der Waals surface area contributed by atoms with Gasteiger partial charge in [-0.05, 0) is 36.4 Å². The van der Waals surface area contributed by atoms with Gasteiger partial charge in [0.25, 0.3) is 0 Å². The Kier molecular flexibility index (Phi) is 3.94. The lowest BCUT2D eigenvalue weighted by Gasteiger charge is -2.15. The third-order valence-corrected chi connectivity index (χ3v) is 4.51. The Morgan fingerprint density at radius 1 is 1.50 bits per heavy atom. The standard InChI is InChI=1S/C16H17N3O2S/c1-3-13(16(20)21)19-14(8-11-5-4-6-22-11)18-12-7-10(2)9-17-15(12)19/h4-7,9,13H,3,8H2,1-2H3,(H,20,21). The highest BCUT2D eigenvalue weighted by Gasteiger charge is 2.24. The number of imidazole rings is 1. The number of thiophene rings is 1. The predicted molar refractivity (Wildman–Crippen MR) is 86.4 cm³/mol. The number of fused-ring (bicyclic) bond motifs is 1. The maximum atomic E-state index is 11.6. The zero-order valence-electron chi connectivity index (χ0n) is 12.5. The van der Waals surface area contributed by atoms with Crippen molar-refractivity contribution < 1.29 is 9.90 Å². The number of pyridine rings is 1. The molecule has 0 aromatic carbocycles. The number of rotatable bonds is 5. The second-order valence-corrected chi connectivity index (χ2v) is 6.30. The molecule has 3 heterocycles. The van der Waals surface area contributed by atoms with Gasteiger partial charge in [-0.2, -0.15) is 0 Å². The molecule has 0 bridgehead atoms. The minimum atomic E-state index is -0.850. The van der Waals surface area contributed by atoms with Crippen molar-refractivity contribution in [2.75, 3.05) is 0 Å². The molecule has 1 N–H and O–H groups in total. The normalized spacial score (nSPS) is 12.6. The second-order valence-electron chi connectivity index (χ2n) is 5.27. The van der Waals surface area contributed by atoms with Crippen LogP contribution in [-0.4, -0.2) is 25.6 Å². The summed E-state index contributed by atoms with van der Waals surface area (Å²) in [6.45, 7) is 3.83. The highest BCUT2D eigenvalue weighted by atomic mass is 32.1. The molecule has 22 heavy (non-hydrogen) atoms. The third-order valence-electron chi connectivity index (χ3n) is 3.64. The van der Waals surface area contributed by atoms with E-state index in [1.54, 1.807) is 22.1 Å². The van der Waals surface area contributed by atoms with Gasteiger partial charge >= 0.3 is 5.97 Å². The van der Waals surface area contributed by atoms with E-state index < -0.39 is 12.0 Å². The molecule has 0 aliphatic rings. The summed E-state index contributed by atoms with van der Waals surface area (Å²) in [5.74, 6) is -0.0959. The Bertz CT molecular complexity index is 808. The quantitative estimate of drug-likeness (QED) is 0.783. The Labute approximate surface area is 132 Å². The van der Waals surface area contributed by atoms with Crippen LogP contribution in [0.3, 0.4) is 0 Å². The van der Waals surface area contributed by atoms with Crippen LogP contribution in [0.1, 0.15) is 35.7 Å². The zero-order valence-corrected chi connectivity index (χ0v) is 13.3. The van der Waals surface area contributed by atoms with Crippen molar-refractivity contribution in [3.63, 3.8) is 0 Å². The van der Waals surface area contributed by atoms with E-state index in [0.717, 1.165) is 21.8 Å². The van der Waals surface area contributed by atoms with E-state index in [4.69, 9.17) is 0 Å². The average Bonchev–Trinajstić information content (AvgIpc) is 3.08. The molecule has 3 aromatic rings. The number of hydrogen-bond donors (Lipinski definition) is 1. The molecule has 0 fully saturated rings. The summed E-state index contributed by atoms with van der Waals surface area (Å²) < 4.78 is 1.77. The molecule has 0 spiro atoms. The van der Waals surface area contributed by atoms with Crippen molar-refractivity contribution >= 4 is 28.5 Å². The van der Waals surface area contributed by atoms with Crippen molar-refractivity contribution in [2.45, 2.75) is 32.7 Å². The lowest BCUT2D eigenvalue weighted by Crippen LogP contribution is -2.20. The maximum absolute atomic E-state index is 11.6. The number of carboxylic acids is 1. The first-order valence-corrected chi connectivity index (χ1v) is 8.06. The van der Waals surface area contributed by atoms with Gasteiger partial charge in [0.2, 0.25) is 0 Å². The van der Waals surface area contributed by atoms with Gasteiger partial charge in [-0.25, -0.2) is 14.8 Å². The number of carbonyl (C=O) groups is 1. The smallest absolute Gasteiger partial charge is 0.326 e. The molecular weight excluding hydrogens is 298 g/mol. The van der Waals surface area contributed by atoms with Crippen LogP contribution in [-0.2, 0) is 11.2 Å². The molecule has 0 amide bonds. The second kappa shape index (κ2) is 5.88. The number of hydrogen-bond acceptors (Lipinski definition) is 4. The fourth-order valence-corrected chi connectivity index (χ4v) is 3.32. The fourth-order valence-electron chi connectivity index (χ4n) is 2.62. The van der Waals surface area contributed by atoms with Gasteiger partial charge < -0.3 is 5.11 Å². The topological polar surface area (TPSA) is 68.0 Å². The molecule has 6 heteroatoms. The van der Waals surface area contributed by atoms with Crippen LogP contribution in [0.2, 0.25) is 0 Å². The lowest BCUT2D eigenvalue weighted by atomic mass is 10.2. The molecule has 0 aliphatic heterocycles.